The molecule has 0 saturated carbocycles. The maximum atomic E-state index is 14.3. The van der Waals surface area contributed by atoms with Crippen LogP contribution in [0.1, 0.15) is 30.3 Å². The summed E-state index contributed by atoms with van der Waals surface area (Å²) in [6.07, 6.45) is 4.47. The molecule has 1 aliphatic rings. The van der Waals surface area contributed by atoms with E-state index in [2.05, 4.69) is 10.3 Å². The number of benzene rings is 1. The van der Waals surface area contributed by atoms with Crippen LogP contribution in [0.5, 0.6) is 0 Å². The van der Waals surface area contributed by atoms with Gasteiger partial charge in [0.2, 0.25) is 0 Å². The van der Waals surface area contributed by atoms with Crippen molar-refractivity contribution < 1.29 is 19.1 Å². The van der Waals surface area contributed by atoms with Gasteiger partial charge in [-0.3, -0.25) is 4.79 Å². The van der Waals surface area contributed by atoms with Gasteiger partial charge in [-0.05, 0) is 18.9 Å². The molecule has 1 saturated heterocycles. The number of carboxylic acids is 1. The molecule has 2 heterocycles. The van der Waals surface area contributed by atoms with Crippen LogP contribution in [0.2, 0.25) is 0 Å². The summed E-state index contributed by atoms with van der Waals surface area (Å²) in [5.41, 5.74) is 0.307. The van der Waals surface area contributed by atoms with Crippen LogP contribution in [0.15, 0.2) is 36.7 Å². The molecular weight excluding hydrogens is 339 g/mol. The second-order valence-corrected chi connectivity index (χ2v) is 6.42. The fraction of sp³-hybridized carbons (Fsp3) is 0.389. The number of rotatable bonds is 4. The number of piperidine rings is 1. The number of nitrogens with zero attached hydrogens (tertiary/aromatic N) is 3. The SMILES string of the molecule is Cn1ccnc1C(NC(=O)N1CCCC(C(=O)O)C1)c1ccccc1F. The number of aryl methyl sites for hydroxylation is 1. The van der Waals surface area contributed by atoms with Crippen LogP contribution in [-0.2, 0) is 11.8 Å². The van der Waals surface area contributed by atoms with Crippen molar-refractivity contribution in [1.82, 2.24) is 19.8 Å². The number of likely N-dealkylation sites (tertiary alicyclic amines) is 1. The molecule has 8 heteroatoms. The average molecular weight is 360 g/mol. The third-order valence-corrected chi connectivity index (χ3v) is 4.66. The highest BCUT2D eigenvalue weighted by molar-refractivity contribution is 5.77. The zero-order chi connectivity index (χ0) is 18.7. The Morgan fingerprint density at radius 3 is 2.81 bits per heavy atom. The first-order chi connectivity index (χ1) is 12.5. The molecule has 2 aromatic rings. The molecule has 0 aliphatic carbocycles. The summed E-state index contributed by atoms with van der Waals surface area (Å²) in [5.74, 6) is -1.43. The maximum Gasteiger partial charge on any atom is 0.318 e. The first kappa shape index (κ1) is 17.9. The van der Waals surface area contributed by atoms with Crippen molar-refractivity contribution in [3.8, 4) is 0 Å². The maximum absolute atomic E-state index is 14.3. The molecule has 2 amide bonds. The van der Waals surface area contributed by atoms with Crippen molar-refractivity contribution in [3.05, 3.63) is 53.9 Å². The second-order valence-electron chi connectivity index (χ2n) is 6.42. The van der Waals surface area contributed by atoms with E-state index in [1.54, 1.807) is 42.2 Å². The topological polar surface area (TPSA) is 87.5 Å². The van der Waals surface area contributed by atoms with Crippen LogP contribution in [0.4, 0.5) is 9.18 Å². The van der Waals surface area contributed by atoms with Gasteiger partial charge in [-0.25, -0.2) is 14.2 Å². The summed E-state index contributed by atoms with van der Waals surface area (Å²) < 4.78 is 16.1. The largest absolute Gasteiger partial charge is 0.481 e. The molecule has 0 spiro atoms. The van der Waals surface area contributed by atoms with Crippen LogP contribution >= 0.6 is 0 Å². The van der Waals surface area contributed by atoms with Crippen LogP contribution in [0.25, 0.3) is 0 Å². The van der Waals surface area contributed by atoms with Crippen LogP contribution in [0, 0.1) is 11.7 Å². The number of carbonyl (C=O) groups excluding carboxylic acids is 1. The summed E-state index contributed by atoms with van der Waals surface area (Å²) in [6, 6.07) is 5.02. The number of amides is 2. The van der Waals surface area contributed by atoms with E-state index in [4.69, 9.17) is 0 Å². The highest BCUT2D eigenvalue weighted by Gasteiger charge is 2.31. The number of halogens is 1. The zero-order valence-electron chi connectivity index (χ0n) is 14.4. The van der Waals surface area contributed by atoms with Gasteiger partial charge < -0.3 is 19.9 Å². The first-order valence-corrected chi connectivity index (χ1v) is 8.47. The number of carbonyl (C=O) groups is 2. The number of hydrogen-bond donors (Lipinski definition) is 2. The van der Waals surface area contributed by atoms with E-state index in [1.165, 1.54) is 11.0 Å². The Morgan fingerprint density at radius 2 is 2.15 bits per heavy atom. The van der Waals surface area contributed by atoms with Gasteiger partial charge in [-0.15, -0.1) is 0 Å². The molecule has 138 valence electrons. The summed E-state index contributed by atoms with van der Waals surface area (Å²) in [6.45, 7) is 0.617. The molecule has 2 atom stereocenters. The van der Waals surface area contributed by atoms with Crippen molar-refractivity contribution in [3.63, 3.8) is 0 Å². The molecule has 2 unspecified atom stereocenters. The van der Waals surface area contributed by atoms with Crippen molar-refractivity contribution in [2.24, 2.45) is 13.0 Å². The molecule has 1 aromatic heterocycles. The third-order valence-electron chi connectivity index (χ3n) is 4.66. The van der Waals surface area contributed by atoms with Crippen molar-refractivity contribution in [2.45, 2.75) is 18.9 Å². The van der Waals surface area contributed by atoms with Crippen molar-refractivity contribution in [1.29, 1.82) is 0 Å². The fourth-order valence-corrected chi connectivity index (χ4v) is 3.22. The zero-order valence-corrected chi connectivity index (χ0v) is 14.4. The Balaban J connectivity index is 1.84. The number of imidazole rings is 1. The van der Waals surface area contributed by atoms with Crippen molar-refractivity contribution in [2.75, 3.05) is 13.1 Å². The van der Waals surface area contributed by atoms with Gasteiger partial charge in [-0.1, -0.05) is 18.2 Å². The van der Waals surface area contributed by atoms with Gasteiger partial charge in [0, 0.05) is 38.1 Å². The fourth-order valence-electron chi connectivity index (χ4n) is 3.22. The van der Waals surface area contributed by atoms with E-state index in [-0.39, 0.29) is 6.54 Å². The van der Waals surface area contributed by atoms with E-state index in [0.717, 1.165) is 0 Å². The summed E-state index contributed by atoms with van der Waals surface area (Å²) >= 11 is 0. The number of aliphatic carboxylic acids is 1. The van der Waals surface area contributed by atoms with Gasteiger partial charge in [-0.2, -0.15) is 0 Å². The molecule has 1 aromatic carbocycles. The Morgan fingerprint density at radius 1 is 1.38 bits per heavy atom. The van der Waals surface area contributed by atoms with Gasteiger partial charge in [0.25, 0.3) is 0 Å². The number of hydrogen-bond acceptors (Lipinski definition) is 3. The Bertz CT molecular complexity index is 807. The lowest BCUT2D eigenvalue weighted by atomic mass is 9.98. The standard InChI is InChI=1S/C18H21FN4O3/c1-22-10-8-20-16(22)15(13-6-2-3-7-14(13)19)21-18(26)23-9-4-5-12(11-23)17(24)25/h2-3,6-8,10,12,15H,4-5,9,11H2,1H3,(H,21,26)(H,24,25). The van der Waals surface area contributed by atoms with Crippen LogP contribution in [0.3, 0.4) is 0 Å². The van der Waals surface area contributed by atoms with E-state index in [9.17, 15) is 19.1 Å². The molecule has 1 aliphatic heterocycles. The quantitative estimate of drug-likeness (QED) is 0.875. The minimum Gasteiger partial charge on any atom is -0.481 e. The smallest absolute Gasteiger partial charge is 0.318 e. The van der Waals surface area contributed by atoms with Crippen molar-refractivity contribution >= 4 is 12.0 Å². The van der Waals surface area contributed by atoms with Crippen LogP contribution < -0.4 is 5.32 Å². The van der Waals surface area contributed by atoms with E-state index in [1.807, 2.05) is 0 Å². The monoisotopic (exact) mass is 360 g/mol. The third kappa shape index (κ3) is 3.68. The lowest BCUT2D eigenvalue weighted by molar-refractivity contribution is -0.143. The molecular formula is C18H21FN4O3. The van der Waals surface area contributed by atoms with E-state index >= 15 is 0 Å². The predicted molar refractivity (Wildman–Crippen MR) is 91.9 cm³/mol. The summed E-state index contributed by atoms with van der Waals surface area (Å²) in [4.78, 5) is 29.7. The molecule has 1 fully saturated rings. The number of carboxylic acid groups (broad SMARTS) is 1. The molecule has 7 nitrogen and oxygen atoms in total. The molecule has 2 N–H and O–H groups in total. The minimum atomic E-state index is -0.905. The minimum absolute atomic E-state index is 0.145. The van der Waals surface area contributed by atoms with E-state index < -0.39 is 29.8 Å². The van der Waals surface area contributed by atoms with Gasteiger partial charge in [0.15, 0.2) is 0 Å². The number of aromatic nitrogens is 2. The molecule has 3 rings (SSSR count). The predicted octanol–water partition coefficient (Wildman–Crippen LogP) is 2.15. The highest BCUT2D eigenvalue weighted by Crippen LogP contribution is 2.24. The molecule has 0 radical (unpaired) electrons. The lowest BCUT2D eigenvalue weighted by Crippen LogP contribution is -2.48. The lowest BCUT2D eigenvalue weighted by Gasteiger charge is -2.32. The highest BCUT2D eigenvalue weighted by atomic mass is 19.1. The Kier molecular flexibility index (Phi) is 5.20. The first-order valence-electron chi connectivity index (χ1n) is 8.47. The number of nitrogens with one attached hydrogen (secondary N) is 1. The molecule has 0 bridgehead atoms. The second kappa shape index (κ2) is 7.55. The Labute approximate surface area is 150 Å². The summed E-state index contributed by atoms with van der Waals surface area (Å²) in [5, 5.41) is 12.0. The number of urea groups is 1. The van der Waals surface area contributed by atoms with Gasteiger partial charge in [0.1, 0.15) is 17.7 Å². The molecule has 26 heavy (non-hydrogen) atoms. The average Bonchev–Trinajstić information content (AvgIpc) is 3.06. The summed E-state index contributed by atoms with van der Waals surface area (Å²) in [7, 11) is 1.77. The Hall–Kier alpha value is -2.90. The van der Waals surface area contributed by atoms with Gasteiger partial charge >= 0.3 is 12.0 Å². The van der Waals surface area contributed by atoms with Gasteiger partial charge in [0.05, 0.1) is 5.92 Å². The normalized spacial score (nSPS) is 18.4. The van der Waals surface area contributed by atoms with E-state index in [0.29, 0.717) is 30.8 Å². The van der Waals surface area contributed by atoms with Crippen LogP contribution in [-0.4, -0.2) is 44.6 Å².